The van der Waals surface area contributed by atoms with Crippen LogP contribution in [0.4, 0.5) is 5.69 Å². The monoisotopic (exact) mass is 476 g/mol. The highest BCUT2D eigenvalue weighted by molar-refractivity contribution is 9.10. The summed E-state index contributed by atoms with van der Waals surface area (Å²) in [6.07, 6.45) is 1.12. The number of nitrogens with zero attached hydrogens (tertiary/aromatic N) is 3. The van der Waals surface area contributed by atoms with Crippen molar-refractivity contribution in [1.29, 1.82) is 0 Å². The highest BCUT2D eigenvalue weighted by Gasteiger charge is 2.21. The summed E-state index contributed by atoms with van der Waals surface area (Å²) in [6, 6.07) is 8.98. The Labute approximate surface area is 175 Å². The fraction of sp³-hybridized carbons (Fsp3) is 0.111. The van der Waals surface area contributed by atoms with Crippen molar-refractivity contribution in [2.75, 3.05) is 13.7 Å². The van der Waals surface area contributed by atoms with Gasteiger partial charge in [-0.15, -0.1) is 4.68 Å². The van der Waals surface area contributed by atoms with E-state index in [0.717, 1.165) is 19.4 Å². The van der Waals surface area contributed by atoms with Crippen LogP contribution < -0.4 is 16.0 Å². The number of esters is 1. The van der Waals surface area contributed by atoms with Gasteiger partial charge < -0.3 is 14.5 Å². The quantitative estimate of drug-likeness (QED) is 0.247. The second-order valence-corrected chi connectivity index (χ2v) is 6.66. The highest BCUT2D eigenvalue weighted by atomic mass is 79.9. The molecule has 0 aliphatic carbocycles. The Morgan fingerprint density at radius 2 is 2.07 bits per heavy atom. The molecule has 0 saturated heterocycles. The van der Waals surface area contributed by atoms with E-state index in [-0.39, 0.29) is 21.2 Å². The molecule has 0 radical (unpaired) electrons. The summed E-state index contributed by atoms with van der Waals surface area (Å²) in [5, 5.41) is 15.5. The first-order valence-corrected chi connectivity index (χ1v) is 9.07. The summed E-state index contributed by atoms with van der Waals surface area (Å²) in [5.74, 6) is -0.889. The molecular weight excluding hydrogens is 464 g/mol. The number of carbonyl (C=O) groups excluding carboxylic acids is 1. The van der Waals surface area contributed by atoms with E-state index >= 15 is 0 Å². The first kappa shape index (κ1) is 20.9. The van der Waals surface area contributed by atoms with E-state index in [0.29, 0.717) is 10.2 Å². The Balaban J connectivity index is 2.01. The van der Waals surface area contributed by atoms with Crippen LogP contribution in [0.25, 0.3) is 10.9 Å². The number of hydrogen-bond donors (Lipinski definition) is 1. The van der Waals surface area contributed by atoms with Crippen molar-refractivity contribution in [1.82, 2.24) is 9.66 Å². The molecule has 0 bridgehead atoms. The van der Waals surface area contributed by atoms with Crippen LogP contribution in [0.1, 0.15) is 5.56 Å². The Kier molecular flexibility index (Phi) is 6.06. The zero-order valence-electron chi connectivity index (χ0n) is 15.3. The van der Waals surface area contributed by atoms with Gasteiger partial charge in [0.05, 0.1) is 33.6 Å². The van der Waals surface area contributed by atoms with E-state index in [4.69, 9.17) is 4.74 Å². The van der Waals surface area contributed by atoms with Crippen molar-refractivity contribution in [3.63, 3.8) is 0 Å². The number of rotatable bonds is 6. The molecule has 0 saturated carbocycles. The fourth-order valence-electron chi connectivity index (χ4n) is 2.52. The number of aromatic nitrogens is 2. The first-order chi connectivity index (χ1) is 14.3. The largest absolute Gasteiger partial charge is 0.474 e. The molecule has 0 fully saturated rings. The topological polar surface area (TPSA) is 146 Å². The standard InChI is InChI=1S/C18H13BrN4O7/c1-29-15(24)9-30-16-12(19)6-10(7-14(16)23(27)28)8-20-22-17(25)11-4-2-3-5-13(11)21-18(22)26/h2-8H,9H2,1H3,(H,21,26). The van der Waals surface area contributed by atoms with Gasteiger partial charge in [0.2, 0.25) is 5.75 Å². The number of methoxy groups -OCH3 is 1. The Bertz CT molecular complexity index is 1300. The number of nitrogens with one attached hydrogen (secondary N) is 1. The molecule has 0 aliphatic heterocycles. The van der Waals surface area contributed by atoms with Gasteiger partial charge in [-0.25, -0.2) is 9.59 Å². The third-order valence-electron chi connectivity index (χ3n) is 3.91. The van der Waals surface area contributed by atoms with Crippen LogP contribution in [0.5, 0.6) is 5.75 Å². The predicted molar refractivity (Wildman–Crippen MR) is 110 cm³/mol. The lowest BCUT2D eigenvalue weighted by Crippen LogP contribution is -2.32. The number of H-pyrrole nitrogens is 1. The van der Waals surface area contributed by atoms with Crippen LogP contribution in [0.15, 0.2) is 55.6 Å². The molecule has 0 atom stereocenters. The predicted octanol–water partition coefficient (Wildman–Crippen LogP) is 1.79. The van der Waals surface area contributed by atoms with Crippen molar-refractivity contribution in [3.8, 4) is 5.75 Å². The van der Waals surface area contributed by atoms with E-state index in [1.54, 1.807) is 18.2 Å². The van der Waals surface area contributed by atoms with Crippen LogP contribution in [0.3, 0.4) is 0 Å². The van der Waals surface area contributed by atoms with Crippen molar-refractivity contribution in [2.45, 2.75) is 0 Å². The molecule has 3 aromatic rings. The van der Waals surface area contributed by atoms with Crippen molar-refractivity contribution >= 4 is 44.7 Å². The minimum Gasteiger partial charge on any atom is -0.474 e. The lowest BCUT2D eigenvalue weighted by Gasteiger charge is -2.08. The van der Waals surface area contributed by atoms with Gasteiger partial charge in [0.1, 0.15) is 0 Å². The molecule has 1 N–H and O–H groups in total. The smallest absolute Gasteiger partial charge is 0.349 e. The molecule has 154 valence electrons. The van der Waals surface area contributed by atoms with Gasteiger partial charge in [0.15, 0.2) is 6.61 Å². The molecular formula is C18H13BrN4O7. The van der Waals surface area contributed by atoms with Crippen molar-refractivity contribution < 1.29 is 19.2 Å². The van der Waals surface area contributed by atoms with Gasteiger partial charge in [0.25, 0.3) is 5.56 Å². The van der Waals surface area contributed by atoms with Gasteiger partial charge >= 0.3 is 17.3 Å². The Hall–Kier alpha value is -3.80. The van der Waals surface area contributed by atoms with Crippen molar-refractivity contribution in [2.24, 2.45) is 5.10 Å². The van der Waals surface area contributed by atoms with Gasteiger partial charge in [-0.3, -0.25) is 14.9 Å². The van der Waals surface area contributed by atoms with Crippen molar-refractivity contribution in [3.05, 3.63) is 77.4 Å². The normalized spacial score (nSPS) is 11.0. The maximum absolute atomic E-state index is 12.5. The number of hydrogen-bond acceptors (Lipinski definition) is 8. The van der Waals surface area contributed by atoms with Gasteiger partial charge in [-0.2, -0.15) is 5.10 Å². The van der Waals surface area contributed by atoms with Gasteiger partial charge in [0, 0.05) is 11.6 Å². The lowest BCUT2D eigenvalue weighted by atomic mass is 10.2. The number of ether oxygens (including phenoxy) is 2. The molecule has 0 spiro atoms. The number of nitro benzene ring substituents is 1. The number of aromatic amines is 1. The zero-order valence-corrected chi connectivity index (χ0v) is 16.9. The summed E-state index contributed by atoms with van der Waals surface area (Å²) in [4.78, 5) is 49.1. The van der Waals surface area contributed by atoms with E-state index in [9.17, 15) is 24.5 Å². The number of halogens is 1. The number of carbonyl (C=O) groups is 1. The molecule has 12 heteroatoms. The molecule has 0 unspecified atom stereocenters. The molecule has 2 aromatic carbocycles. The molecule has 0 amide bonds. The van der Waals surface area contributed by atoms with Crippen LogP contribution in [0, 0.1) is 10.1 Å². The van der Waals surface area contributed by atoms with Gasteiger partial charge in [-0.1, -0.05) is 12.1 Å². The van der Waals surface area contributed by atoms with Crippen LogP contribution >= 0.6 is 15.9 Å². The number of nitro groups is 1. The third-order valence-corrected chi connectivity index (χ3v) is 4.50. The molecule has 30 heavy (non-hydrogen) atoms. The summed E-state index contributed by atoms with van der Waals surface area (Å²) < 4.78 is 10.4. The summed E-state index contributed by atoms with van der Waals surface area (Å²) in [7, 11) is 1.16. The average molecular weight is 477 g/mol. The minimum absolute atomic E-state index is 0.168. The van der Waals surface area contributed by atoms with Crippen LogP contribution in [-0.4, -0.2) is 40.5 Å². The van der Waals surface area contributed by atoms with E-state index in [2.05, 4.69) is 30.8 Å². The fourth-order valence-corrected chi connectivity index (χ4v) is 3.11. The maximum Gasteiger partial charge on any atom is 0.349 e. The SMILES string of the molecule is COC(=O)COc1c(Br)cc(C=Nn2c(=O)[nH]c3ccccc3c2=O)cc1[N+](=O)[O-]. The number of benzene rings is 2. The average Bonchev–Trinajstić information content (AvgIpc) is 2.72. The molecule has 0 aliphatic rings. The lowest BCUT2D eigenvalue weighted by molar-refractivity contribution is -0.385. The summed E-state index contributed by atoms with van der Waals surface area (Å²) in [5.41, 5.74) is -1.28. The Morgan fingerprint density at radius 3 is 2.77 bits per heavy atom. The molecule has 11 nitrogen and oxygen atoms in total. The molecule has 3 rings (SSSR count). The summed E-state index contributed by atoms with van der Waals surface area (Å²) in [6.45, 7) is -0.523. The maximum atomic E-state index is 12.5. The molecule has 1 heterocycles. The third kappa shape index (κ3) is 4.27. The zero-order chi connectivity index (χ0) is 21.8. The van der Waals surface area contributed by atoms with E-state index in [1.807, 2.05) is 0 Å². The van der Waals surface area contributed by atoms with E-state index in [1.165, 1.54) is 12.1 Å². The second kappa shape index (κ2) is 8.69. The van der Waals surface area contributed by atoms with Crippen LogP contribution in [-0.2, 0) is 9.53 Å². The second-order valence-electron chi connectivity index (χ2n) is 5.81. The van der Waals surface area contributed by atoms with E-state index < -0.39 is 34.4 Å². The number of para-hydroxylation sites is 1. The van der Waals surface area contributed by atoms with Crippen LogP contribution in [0.2, 0.25) is 0 Å². The Morgan fingerprint density at radius 1 is 1.33 bits per heavy atom. The summed E-state index contributed by atoms with van der Waals surface area (Å²) >= 11 is 3.15. The minimum atomic E-state index is -0.762. The molecule has 1 aromatic heterocycles. The first-order valence-electron chi connectivity index (χ1n) is 8.27. The number of fused-ring (bicyclic) bond motifs is 1. The van der Waals surface area contributed by atoms with Gasteiger partial charge in [-0.05, 0) is 34.1 Å². The highest BCUT2D eigenvalue weighted by Crippen LogP contribution is 2.36.